The molecule has 1 aliphatic rings. The number of nitrogens with zero attached hydrogens (tertiary/aromatic N) is 1. The van der Waals surface area contributed by atoms with Crippen LogP contribution in [0.25, 0.3) is 0 Å². The number of hydrogen-bond donors (Lipinski definition) is 2. The van der Waals surface area contributed by atoms with E-state index in [0.29, 0.717) is 24.4 Å². The van der Waals surface area contributed by atoms with Crippen LogP contribution in [0.3, 0.4) is 0 Å². The van der Waals surface area contributed by atoms with Crippen LogP contribution >= 0.6 is 0 Å². The van der Waals surface area contributed by atoms with Crippen LogP contribution in [-0.4, -0.2) is 31.5 Å². The maximum Gasteiger partial charge on any atom is 0.257 e. The molecule has 1 atom stereocenters. The van der Waals surface area contributed by atoms with Crippen molar-refractivity contribution in [3.63, 3.8) is 0 Å². The fourth-order valence-corrected chi connectivity index (χ4v) is 2.09. The van der Waals surface area contributed by atoms with Crippen molar-refractivity contribution in [1.29, 1.82) is 5.26 Å². The third-order valence-electron chi connectivity index (χ3n) is 3.30. The van der Waals surface area contributed by atoms with Crippen LogP contribution in [0.5, 0.6) is 5.75 Å². The average Bonchev–Trinajstić information content (AvgIpc) is 2.52. The minimum atomic E-state index is -0.266. The maximum absolute atomic E-state index is 11.7. The van der Waals surface area contributed by atoms with E-state index in [0.717, 1.165) is 12.8 Å². The van der Waals surface area contributed by atoms with Crippen molar-refractivity contribution in [3.8, 4) is 11.8 Å². The lowest BCUT2D eigenvalue weighted by atomic mass is 9.99. The fraction of sp³-hybridized carbons (Fsp3) is 0.400. The zero-order valence-electron chi connectivity index (χ0n) is 11.6. The van der Waals surface area contributed by atoms with E-state index < -0.39 is 0 Å². The number of amides is 2. The molecule has 2 rings (SSSR count). The average molecular weight is 287 g/mol. The van der Waals surface area contributed by atoms with Gasteiger partial charge in [-0.25, -0.2) is 0 Å². The van der Waals surface area contributed by atoms with Crippen LogP contribution in [0.15, 0.2) is 24.3 Å². The van der Waals surface area contributed by atoms with E-state index in [1.807, 2.05) is 6.07 Å². The van der Waals surface area contributed by atoms with Crippen molar-refractivity contribution < 1.29 is 14.3 Å². The van der Waals surface area contributed by atoms with Gasteiger partial charge in [-0.15, -0.1) is 0 Å². The van der Waals surface area contributed by atoms with Crippen LogP contribution in [0.4, 0.5) is 0 Å². The van der Waals surface area contributed by atoms with E-state index in [1.54, 1.807) is 24.3 Å². The number of ether oxygens (including phenoxy) is 1. The first-order chi connectivity index (χ1) is 10.2. The smallest absolute Gasteiger partial charge is 0.257 e. The van der Waals surface area contributed by atoms with Crippen LogP contribution in [0.2, 0.25) is 0 Å². The summed E-state index contributed by atoms with van der Waals surface area (Å²) in [7, 11) is 0. The molecule has 1 aliphatic heterocycles. The summed E-state index contributed by atoms with van der Waals surface area (Å²) in [6, 6.07) is 8.53. The third kappa shape index (κ3) is 4.49. The second-order valence-corrected chi connectivity index (χ2v) is 4.86. The lowest BCUT2D eigenvalue weighted by molar-refractivity contribution is -0.127. The summed E-state index contributed by atoms with van der Waals surface area (Å²) in [4.78, 5) is 23.2. The second kappa shape index (κ2) is 7.29. The van der Waals surface area contributed by atoms with Crippen molar-refractivity contribution in [3.05, 3.63) is 29.8 Å². The maximum atomic E-state index is 11.7. The Labute approximate surface area is 123 Å². The van der Waals surface area contributed by atoms with E-state index in [4.69, 9.17) is 10.00 Å². The first-order valence-electron chi connectivity index (χ1n) is 6.86. The van der Waals surface area contributed by atoms with Gasteiger partial charge in [0, 0.05) is 13.1 Å². The number of nitriles is 1. The lowest BCUT2D eigenvalue weighted by Gasteiger charge is -2.21. The van der Waals surface area contributed by atoms with Gasteiger partial charge in [-0.1, -0.05) is 0 Å². The van der Waals surface area contributed by atoms with Crippen LogP contribution in [0.1, 0.15) is 18.4 Å². The molecule has 0 aliphatic carbocycles. The molecule has 0 spiro atoms. The Morgan fingerprint density at radius 1 is 1.43 bits per heavy atom. The van der Waals surface area contributed by atoms with Crippen molar-refractivity contribution in [2.75, 3.05) is 19.7 Å². The minimum Gasteiger partial charge on any atom is -0.484 e. The Balaban J connectivity index is 1.71. The molecule has 0 radical (unpaired) electrons. The number of rotatable bonds is 5. The van der Waals surface area contributed by atoms with Crippen LogP contribution < -0.4 is 15.4 Å². The predicted octanol–water partition coefficient (Wildman–Crippen LogP) is 0.579. The summed E-state index contributed by atoms with van der Waals surface area (Å²) >= 11 is 0. The van der Waals surface area contributed by atoms with E-state index in [9.17, 15) is 9.59 Å². The molecule has 1 aromatic carbocycles. The van der Waals surface area contributed by atoms with Gasteiger partial charge in [0.15, 0.2) is 6.61 Å². The molecule has 2 amide bonds. The zero-order chi connectivity index (χ0) is 15.1. The fourth-order valence-electron chi connectivity index (χ4n) is 2.09. The number of benzene rings is 1. The molecule has 0 bridgehead atoms. The van der Waals surface area contributed by atoms with Gasteiger partial charge in [0.05, 0.1) is 17.6 Å². The zero-order valence-corrected chi connectivity index (χ0v) is 11.6. The summed E-state index contributed by atoms with van der Waals surface area (Å²) in [6.07, 6.45) is 1.73. The van der Waals surface area contributed by atoms with Crippen molar-refractivity contribution >= 4 is 11.8 Å². The Morgan fingerprint density at radius 2 is 2.19 bits per heavy atom. The lowest BCUT2D eigenvalue weighted by Crippen LogP contribution is -2.43. The summed E-state index contributed by atoms with van der Waals surface area (Å²) < 4.78 is 5.31. The topological polar surface area (TPSA) is 91.2 Å². The van der Waals surface area contributed by atoms with E-state index in [-0.39, 0.29) is 24.3 Å². The Hall–Kier alpha value is -2.55. The molecule has 0 saturated carbocycles. The van der Waals surface area contributed by atoms with E-state index >= 15 is 0 Å². The standard InChI is InChI=1S/C15H17N3O3/c16-8-11-3-5-13(6-4-11)21-10-14(19)18-9-12-2-1-7-17-15(12)20/h3-6,12H,1-2,7,9-10H2,(H,17,20)(H,18,19)/t12-/m0/s1. The van der Waals surface area contributed by atoms with Gasteiger partial charge in [-0.2, -0.15) is 5.26 Å². The minimum absolute atomic E-state index is 0.00504. The van der Waals surface area contributed by atoms with Crippen molar-refractivity contribution in [2.24, 2.45) is 5.92 Å². The van der Waals surface area contributed by atoms with E-state index in [2.05, 4.69) is 10.6 Å². The van der Waals surface area contributed by atoms with Gasteiger partial charge in [-0.3, -0.25) is 9.59 Å². The van der Waals surface area contributed by atoms with Crippen molar-refractivity contribution in [2.45, 2.75) is 12.8 Å². The molecular weight excluding hydrogens is 270 g/mol. The summed E-state index contributed by atoms with van der Waals surface area (Å²) in [6.45, 7) is 0.937. The molecule has 6 heteroatoms. The molecule has 1 heterocycles. The monoisotopic (exact) mass is 287 g/mol. The molecule has 0 aromatic heterocycles. The van der Waals surface area contributed by atoms with Gasteiger partial charge in [0.1, 0.15) is 5.75 Å². The highest BCUT2D eigenvalue weighted by atomic mass is 16.5. The molecule has 1 aromatic rings. The highest BCUT2D eigenvalue weighted by Crippen LogP contribution is 2.12. The Bertz CT molecular complexity index is 548. The van der Waals surface area contributed by atoms with E-state index in [1.165, 1.54) is 0 Å². The molecule has 6 nitrogen and oxygen atoms in total. The molecule has 110 valence electrons. The van der Waals surface area contributed by atoms with Gasteiger partial charge in [-0.05, 0) is 37.1 Å². The number of piperidine rings is 1. The second-order valence-electron chi connectivity index (χ2n) is 4.86. The molecule has 1 fully saturated rings. The van der Waals surface area contributed by atoms with Gasteiger partial charge in [0.2, 0.25) is 5.91 Å². The number of hydrogen-bond acceptors (Lipinski definition) is 4. The number of carbonyl (C=O) groups is 2. The summed E-state index contributed by atoms with van der Waals surface area (Å²) in [5, 5.41) is 14.1. The van der Waals surface area contributed by atoms with Crippen molar-refractivity contribution in [1.82, 2.24) is 10.6 Å². The Morgan fingerprint density at radius 3 is 2.86 bits per heavy atom. The number of nitrogens with one attached hydrogen (secondary N) is 2. The molecule has 21 heavy (non-hydrogen) atoms. The first kappa shape index (κ1) is 14.9. The third-order valence-corrected chi connectivity index (χ3v) is 3.30. The van der Waals surface area contributed by atoms with Gasteiger partial charge in [0.25, 0.3) is 5.91 Å². The largest absolute Gasteiger partial charge is 0.484 e. The van der Waals surface area contributed by atoms with Crippen LogP contribution in [-0.2, 0) is 9.59 Å². The molecule has 0 unspecified atom stereocenters. The number of carbonyl (C=O) groups excluding carboxylic acids is 2. The highest BCUT2D eigenvalue weighted by Gasteiger charge is 2.22. The quantitative estimate of drug-likeness (QED) is 0.828. The molecule has 1 saturated heterocycles. The predicted molar refractivity (Wildman–Crippen MR) is 75.4 cm³/mol. The normalized spacial score (nSPS) is 17.5. The summed E-state index contributed by atoms with van der Waals surface area (Å²) in [5.41, 5.74) is 0.537. The first-order valence-corrected chi connectivity index (χ1v) is 6.86. The summed E-state index contributed by atoms with van der Waals surface area (Å²) in [5.74, 6) is 0.101. The highest BCUT2D eigenvalue weighted by molar-refractivity contribution is 5.81. The van der Waals surface area contributed by atoms with Crippen LogP contribution in [0, 0.1) is 17.2 Å². The Kier molecular flexibility index (Phi) is 5.16. The molecular formula is C15H17N3O3. The molecule has 2 N–H and O–H groups in total. The van der Waals surface area contributed by atoms with Gasteiger partial charge >= 0.3 is 0 Å². The van der Waals surface area contributed by atoms with Gasteiger partial charge < -0.3 is 15.4 Å². The SMILES string of the molecule is N#Cc1ccc(OCC(=O)NC[C@@H]2CCCNC2=O)cc1.